The summed E-state index contributed by atoms with van der Waals surface area (Å²) < 4.78 is 27.1. The second kappa shape index (κ2) is 14.7. The largest absolute Gasteiger partial charge is 0.303 e. The number of alkyl halides is 2. The minimum absolute atomic E-state index is 0.170. The van der Waals surface area contributed by atoms with Crippen molar-refractivity contribution in [3.63, 3.8) is 0 Å². The summed E-state index contributed by atoms with van der Waals surface area (Å²) in [6, 6.07) is 21.1. The third kappa shape index (κ3) is 9.09. The molecule has 0 amide bonds. The summed E-state index contributed by atoms with van der Waals surface area (Å²) in [5.41, 5.74) is 3.91. The van der Waals surface area contributed by atoms with E-state index in [1.165, 1.54) is 30.0 Å². The van der Waals surface area contributed by atoms with Crippen LogP contribution in [0.25, 0.3) is 0 Å². The first-order valence-electron chi connectivity index (χ1n) is 12.0. The highest BCUT2D eigenvalue weighted by atomic mass is 19.2. The highest BCUT2D eigenvalue weighted by Crippen LogP contribution is 2.35. The van der Waals surface area contributed by atoms with Crippen molar-refractivity contribution in [1.29, 1.82) is 5.26 Å². The van der Waals surface area contributed by atoms with E-state index in [2.05, 4.69) is 66.4 Å². The van der Waals surface area contributed by atoms with E-state index in [9.17, 15) is 8.78 Å². The van der Waals surface area contributed by atoms with Crippen molar-refractivity contribution in [1.82, 2.24) is 4.90 Å². The van der Waals surface area contributed by atoms with Crippen LogP contribution in [0, 0.1) is 11.3 Å². The van der Waals surface area contributed by atoms with E-state index in [-0.39, 0.29) is 5.92 Å². The molecule has 1 saturated carbocycles. The summed E-state index contributed by atoms with van der Waals surface area (Å²) in [5, 5.41) is 7.32. The van der Waals surface area contributed by atoms with E-state index < -0.39 is 12.3 Å². The standard InChI is InChI=1S/C26H35F2N.C2H3N/c1-2-17-29(19-16-21-7-4-3-5-8-21)18-6-9-22-10-12-23(13-11-22)24-14-15-25(27)26(28)20-24;1-2-3/h3-5,7-8,10-13,24-26H,2,6,9,14-20H2,1H3;1H3. The van der Waals surface area contributed by atoms with Gasteiger partial charge in [-0.1, -0.05) is 61.5 Å². The summed E-state index contributed by atoms with van der Waals surface area (Å²) in [4.78, 5) is 2.57. The van der Waals surface area contributed by atoms with Gasteiger partial charge in [0.1, 0.15) is 12.3 Å². The maximum atomic E-state index is 13.7. The Balaban J connectivity index is 0.00000114. The highest BCUT2D eigenvalue weighted by molar-refractivity contribution is 5.26. The molecule has 0 spiro atoms. The molecule has 2 nitrogen and oxygen atoms in total. The van der Waals surface area contributed by atoms with Gasteiger partial charge in [0.15, 0.2) is 0 Å². The van der Waals surface area contributed by atoms with Crippen molar-refractivity contribution in [3.05, 3.63) is 71.3 Å². The van der Waals surface area contributed by atoms with E-state index in [0.717, 1.165) is 45.3 Å². The maximum Gasteiger partial charge on any atom is 0.132 e. The number of halogens is 2. The molecule has 0 heterocycles. The van der Waals surface area contributed by atoms with Crippen LogP contribution in [-0.2, 0) is 12.8 Å². The van der Waals surface area contributed by atoms with Crippen LogP contribution >= 0.6 is 0 Å². The van der Waals surface area contributed by atoms with Crippen LogP contribution in [0.5, 0.6) is 0 Å². The third-order valence-electron chi connectivity index (χ3n) is 6.18. The number of nitrogens with zero attached hydrogens (tertiary/aromatic N) is 2. The van der Waals surface area contributed by atoms with Gasteiger partial charge in [-0.25, -0.2) is 8.78 Å². The van der Waals surface area contributed by atoms with Crippen molar-refractivity contribution < 1.29 is 8.78 Å². The molecule has 4 heteroatoms. The molecule has 0 radical (unpaired) electrons. The Bertz CT molecular complexity index is 785. The molecule has 0 aliphatic heterocycles. The van der Waals surface area contributed by atoms with Gasteiger partial charge in [-0.3, -0.25) is 0 Å². The Morgan fingerprint density at radius 3 is 2.16 bits per heavy atom. The number of hydrogen-bond acceptors (Lipinski definition) is 2. The van der Waals surface area contributed by atoms with Crippen LogP contribution in [-0.4, -0.2) is 36.9 Å². The molecule has 1 fully saturated rings. The zero-order valence-corrected chi connectivity index (χ0v) is 19.6. The molecule has 2 aromatic carbocycles. The molecule has 1 aliphatic carbocycles. The summed E-state index contributed by atoms with van der Waals surface area (Å²) in [6.45, 7) is 7.05. The fraction of sp³-hybridized carbons (Fsp3) is 0.536. The molecule has 32 heavy (non-hydrogen) atoms. The number of rotatable bonds is 10. The Morgan fingerprint density at radius 2 is 1.53 bits per heavy atom. The Morgan fingerprint density at radius 1 is 0.875 bits per heavy atom. The van der Waals surface area contributed by atoms with Crippen molar-refractivity contribution in [2.75, 3.05) is 19.6 Å². The second-order valence-electron chi connectivity index (χ2n) is 8.69. The first kappa shape index (κ1) is 26.0. The second-order valence-corrected chi connectivity index (χ2v) is 8.69. The molecule has 0 saturated heterocycles. The van der Waals surface area contributed by atoms with Crippen LogP contribution in [0.3, 0.4) is 0 Å². The molecular formula is C28H38F2N2. The molecular weight excluding hydrogens is 402 g/mol. The lowest BCUT2D eigenvalue weighted by atomic mass is 9.82. The Labute approximate surface area is 193 Å². The maximum absolute atomic E-state index is 13.7. The lowest BCUT2D eigenvalue weighted by molar-refractivity contribution is 0.108. The first-order chi connectivity index (χ1) is 15.6. The van der Waals surface area contributed by atoms with Crippen LogP contribution in [0.15, 0.2) is 54.6 Å². The average molecular weight is 441 g/mol. The topological polar surface area (TPSA) is 27.0 Å². The van der Waals surface area contributed by atoms with Crippen molar-refractivity contribution >= 4 is 0 Å². The molecule has 1 aliphatic rings. The Kier molecular flexibility index (Phi) is 12.0. The van der Waals surface area contributed by atoms with Gasteiger partial charge >= 0.3 is 0 Å². The van der Waals surface area contributed by atoms with Gasteiger partial charge in [-0.2, -0.15) is 5.26 Å². The molecule has 0 bridgehead atoms. The van der Waals surface area contributed by atoms with E-state index in [4.69, 9.17) is 5.26 Å². The van der Waals surface area contributed by atoms with Gasteiger partial charge < -0.3 is 4.90 Å². The minimum Gasteiger partial charge on any atom is -0.303 e. The Hall–Kier alpha value is -2.25. The SMILES string of the molecule is CC#N.CCCN(CCCc1ccc(C2CCC(F)C(F)C2)cc1)CCc1ccccc1. The molecule has 3 unspecified atom stereocenters. The van der Waals surface area contributed by atoms with Gasteiger partial charge in [0.25, 0.3) is 0 Å². The minimum atomic E-state index is -1.30. The third-order valence-corrected chi connectivity index (χ3v) is 6.18. The number of aryl methyl sites for hydroxylation is 1. The van der Waals surface area contributed by atoms with E-state index in [0.29, 0.717) is 12.8 Å². The number of benzene rings is 2. The van der Waals surface area contributed by atoms with Crippen molar-refractivity contribution in [2.24, 2.45) is 0 Å². The van der Waals surface area contributed by atoms with E-state index >= 15 is 0 Å². The fourth-order valence-electron chi connectivity index (χ4n) is 4.43. The van der Waals surface area contributed by atoms with E-state index in [1.807, 2.05) is 0 Å². The lowest BCUT2D eigenvalue weighted by Crippen LogP contribution is -2.28. The summed E-state index contributed by atoms with van der Waals surface area (Å²) in [5.74, 6) is 0.170. The molecule has 0 N–H and O–H groups in total. The van der Waals surface area contributed by atoms with Crippen LogP contribution in [0.1, 0.15) is 68.6 Å². The van der Waals surface area contributed by atoms with Crippen molar-refractivity contribution in [2.45, 2.75) is 77.1 Å². The first-order valence-corrected chi connectivity index (χ1v) is 12.0. The van der Waals surface area contributed by atoms with Gasteiger partial charge in [0, 0.05) is 13.5 Å². The van der Waals surface area contributed by atoms with Crippen LogP contribution in [0.2, 0.25) is 0 Å². The molecule has 174 valence electrons. The zero-order chi connectivity index (χ0) is 23.2. The predicted octanol–water partition coefficient (Wildman–Crippen LogP) is 7.05. The van der Waals surface area contributed by atoms with Gasteiger partial charge in [0.2, 0.25) is 0 Å². The molecule has 0 aromatic heterocycles. The monoisotopic (exact) mass is 440 g/mol. The van der Waals surface area contributed by atoms with Crippen LogP contribution < -0.4 is 0 Å². The van der Waals surface area contributed by atoms with E-state index in [1.54, 1.807) is 6.07 Å². The summed E-state index contributed by atoms with van der Waals surface area (Å²) >= 11 is 0. The predicted molar refractivity (Wildman–Crippen MR) is 129 cm³/mol. The fourth-order valence-corrected chi connectivity index (χ4v) is 4.43. The summed E-state index contributed by atoms with van der Waals surface area (Å²) in [7, 11) is 0. The highest BCUT2D eigenvalue weighted by Gasteiger charge is 2.31. The van der Waals surface area contributed by atoms with Gasteiger partial charge in [0.05, 0.1) is 6.07 Å². The normalized spacial score (nSPS) is 20.3. The lowest BCUT2D eigenvalue weighted by Gasteiger charge is -2.27. The van der Waals surface area contributed by atoms with Crippen LogP contribution in [0.4, 0.5) is 8.78 Å². The van der Waals surface area contributed by atoms with Gasteiger partial charge in [-0.05, 0) is 80.6 Å². The zero-order valence-electron chi connectivity index (χ0n) is 19.6. The van der Waals surface area contributed by atoms with Crippen molar-refractivity contribution in [3.8, 4) is 6.07 Å². The smallest absolute Gasteiger partial charge is 0.132 e. The molecule has 3 rings (SSSR count). The quantitative estimate of drug-likeness (QED) is 0.396. The number of hydrogen-bond donors (Lipinski definition) is 0. The molecule has 2 aromatic rings. The molecule has 3 atom stereocenters. The summed E-state index contributed by atoms with van der Waals surface area (Å²) in [6.07, 6.45) is 3.37. The van der Waals surface area contributed by atoms with Gasteiger partial charge in [-0.15, -0.1) is 0 Å². The average Bonchev–Trinajstić information content (AvgIpc) is 2.81. The number of nitriles is 1.